The summed E-state index contributed by atoms with van der Waals surface area (Å²) < 4.78 is 28.5. The molecule has 1 unspecified atom stereocenters. The van der Waals surface area contributed by atoms with E-state index in [4.69, 9.17) is 0 Å². The van der Waals surface area contributed by atoms with Gasteiger partial charge in [-0.2, -0.15) is 0 Å². The fourth-order valence-electron chi connectivity index (χ4n) is 4.72. The number of pyridine rings is 2. The standard InChI is InChI=1S/C31H31N5O4S/c1-3-4-15-33-31(38)36-23-9-5-7-21(16-23)28(37)26-19-35-30-27(26)29(25(18-34-30)22-8-6-14-32-17-22)41(39,40)24-12-10-20(2)11-13-24/h5-10,12-14,16-20H,3-4,11,15H2,1-2H3,(H,34,35)(H2,33,36,38). The van der Waals surface area contributed by atoms with Crippen LogP contribution in [0.5, 0.6) is 0 Å². The van der Waals surface area contributed by atoms with E-state index in [0.29, 0.717) is 29.8 Å². The molecule has 41 heavy (non-hydrogen) atoms. The number of sulfone groups is 1. The molecule has 1 atom stereocenters. The van der Waals surface area contributed by atoms with Gasteiger partial charge < -0.3 is 15.6 Å². The molecule has 0 aliphatic heterocycles. The van der Waals surface area contributed by atoms with E-state index in [2.05, 4.69) is 25.6 Å². The number of hydrogen-bond donors (Lipinski definition) is 3. The molecule has 1 aliphatic carbocycles. The lowest BCUT2D eigenvalue weighted by Crippen LogP contribution is -2.29. The van der Waals surface area contributed by atoms with Crippen molar-refractivity contribution < 1.29 is 18.0 Å². The number of aromatic amines is 1. The third kappa shape index (κ3) is 5.83. The number of allylic oxidation sites excluding steroid dienone is 3. The molecule has 3 heterocycles. The molecule has 210 valence electrons. The number of H-pyrrole nitrogens is 1. The molecule has 0 radical (unpaired) electrons. The van der Waals surface area contributed by atoms with Crippen LogP contribution in [-0.2, 0) is 9.84 Å². The molecule has 2 amide bonds. The molecule has 0 spiro atoms. The van der Waals surface area contributed by atoms with Crippen molar-refractivity contribution in [3.05, 3.63) is 95.4 Å². The molecule has 5 rings (SSSR count). The van der Waals surface area contributed by atoms with Crippen LogP contribution in [0.25, 0.3) is 22.2 Å². The van der Waals surface area contributed by atoms with Crippen molar-refractivity contribution in [3.8, 4) is 11.1 Å². The van der Waals surface area contributed by atoms with E-state index in [0.717, 1.165) is 12.8 Å². The lowest BCUT2D eigenvalue weighted by Gasteiger charge is -2.16. The van der Waals surface area contributed by atoms with Crippen molar-refractivity contribution >= 4 is 38.4 Å². The fraction of sp³-hybridized carbons (Fsp3) is 0.226. The number of hydrogen-bond acceptors (Lipinski definition) is 6. The molecule has 3 aromatic heterocycles. The van der Waals surface area contributed by atoms with Gasteiger partial charge in [0, 0.05) is 59.1 Å². The molecule has 0 fully saturated rings. The number of benzene rings is 1. The summed E-state index contributed by atoms with van der Waals surface area (Å²) in [6.07, 6.45) is 13.8. The zero-order valence-corrected chi connectivity index (χ0v) is 23.7. The van der Waals surface area contributed by atoms with E-state index in [-0.39, 0.29) is 43.9 Å². The van der Waals surface area contributed by atoms with Crippen LogP contribution in [0.3, 0.4) is 0 Å². The second kappa shape index (κ2) is 11.9. The molecule has 9 nitrogen and oxygen atoms in total. The van der Waals surface area contributed by atoms with Crippen LogP contribution < -0.4 is 10.6 Å². The molecular formula is C31H31N5O4S. The number of urea groups is 1. The number of nitrogens with zero attached hydrogens (tertiary/aromatic N) is 2. The smallest absolute Gasteiger partial charge is 0.319 e. The van der Waals surface area contributed by atoms with E-state index in [1.165, 1.54) is 12.4 Å². The van der Waals surface area contributed by atoms with Gasteiger partial charge in [0.05, 0.1) is 15.4 Å². The molecule has 1 aromatic carbocycles. The van der Waals surface area contributed by atoms with Gasteiger partial charge in [-0.15, -0.1) is 0 Å². The topological polar surface area (TPSA) is 134 Å². The van der Waals surface area contributed by atoms with Gasteiger partial charge in [0.1, 0.15) is 5.65 Å². The summed E-state index contributed by atoms with van der Waals surface area (Å²) in [5, 5.41) is 5.74. The zero-order valence-electron chi connectivity index (χ0n) is 22.8. The summed E-state index contributed by atoms with van der Waals surface area (Å²) in [4.78, 5) is 38.0. The first-order valence-electron chi connectivity index (χ1n) is 13.5. The number of ketones is 1. The van der Waals surface area contributed by atoms with Crippen LogP contribution in [0, 0.1) is 5.92 Å². The van der Waals surface area contributed by atoms with E-state index < -0.39 is 15.6 Å². The minimum absolute atomic E-state index is 0.00451. The van der Waals surface area contributed by atoms with Crippen LogP contribution in [-0.4, -0.2) is 41.7 Å². The number of amides is 2. The van der Waals surface area contributed by atoms with Crippen molar-refractivity contribution in [1.82, 2.24) is 20.3 Å². The van der Waals surface area contributed by atoms with Gasteiger partial charge in [-0.3, -0.25) is 9.78 Å². The second-order valence-corrected chi connectivity index (χ2v) is 11.9. The molecule has 0 saturated heterocycles. The van der Waals surface area contributed by atoms with Crippen LogP contribution in [0.15, 0.2) is 89.2 Å². The maximum atomic E-state index is 14.2. The highest BCUT2D eigenvalue weighted by Gasteiger charge is 2.31. The average Bonchev–Trinajstić information content (AvgIpc) is 3.41. The fourth-order valence-corrected chi connectivity index (χ4v) is 6.47. The zero-order chi connectivity index (χ0) is 29.0. The molecule has 1 aliphatic rings. The number of anilines is 1. The Balaban J connectivity index is 1.62. The minimum Gasteiger partial charge on any atom is -0.345 e. The van der Waals surface area contributed by atoms with Gasteiger partial charge in [-0.25, -0.2) is 18.2 Å². The first-order valence-corrected chi connectivity index (χ1v) is 15.0. The number of fused-ring (bicyclic) bond motifs is 1. The Labute approximate surface area is 238 Å². The Morgan fingerprint density at radius 1 is 1.15 bits per heavy atom. The highest BCUT2D eigenvalue weighted by molar-refractivity contribution is 7.95. The first kappa shape index (κ1) is 28.0. The number of carbonyl (C=O) groups is 2. The summed E-state index contributed by atoms with van der Waals surface area (Å²) in [5.74, 6) is -0.183. The Morgan fingerprint density at radius 2 is 2.00 bits per heavy atom. The highest BCUT2D eigenvalue weighted by Crippen LogP contribution is 2.39. The summed E-state index contributed by atoms with van der Waals surface area (Å²) >= 11 is 0. The van der Waals surface area contributed by atoms with E-state index in [1.54, 1.807) is 60.9 Å². The van der Waals surface area contributed by atoms with Crippen LogP contribution >= 0.6 is 0 Å². The minimum atomic E-state index is -4.07. The van der Waals surface area contributed by atoms with E-state index in [9.17, 15) is 18.0 Å². The Kier molecular flexibility index (Phi) is 8.11. The molecular weight excluding hydrogens is 538 g/mol. The van der Waals surface area contributed by atoms with Crippen LogP contribution in [0.1, 0.15) is 49.0 Å². The summed E-state index contributed by atoms with van der Waals surface area (Å²) in [6.45, 7) is 4.60. The Morgan fingerprint density at radius 3 is 2.73 bits per heavy atom. The number of aromatic nitrogens is 3. The van der Waals surface area contributed by atoms with Crippen molar-refractivity contribution in [1.29, 1.82) is 0 Å². The largest absolute Gasteiger partial charge is 0.345 e. The molecule has 0 bridgehead atoms. The monoisotopic (exact) mass is 569 g/mol. The normalized spacial score (nSPS) is 15.0. The maximum absolute atomic E-state index is 14.2. The molecule has 3 N–H and O–H groups in total. The summed E-state index contributed by atoms with van der Waals surface area (Å²) in [5.41, 5.74) is 2.09. The second-order valence-electron chi connectivity index (χ2n) is 10.00. The van der Waals surface area contributed by atoms with E-state index in [1.807, 2.05) is 19.9 Å². The quantitative estimate of drug-likeness (QED) is 0.166. The lowest BCUT2D eigenvalue weighted by atomic mass is 10.0. The van der Waals surface area contributed by atoms with Crippen molar-refractivity contribution in [2.75, 3.05) is 11.9 Å². The lowest BCUT2D eigenvalue weighted by molar-refractivity contribution is 0.104. The van der Waals surface area contributed by atoms with Crippen LogP contribution in [0.4, 0.5) is 10.5 Å². The average molecular weight is 570 g/mol. The summed E-state index contributed by atoms with van der Waals surface area (Å²) in [6, 6.07) is 9.67. The van der Waals surface area contributed by atoms with Crippen LogP contribution in [0.2, 0.25) is 0 Å². The number of carbonyl (C=O) groups excluding carboxylic acids is 2. The first-order chi connectivity index (χ1) is 19.8. The van der Waals surface area contributed by atoms with Gasteiger partial charge in [0.15, 0.2) is 5.78 Å². The van der Waals surface area contributed by atoms with Gasteiger partial charge in [0.2, 0.25) is 9.84 Å². The number of rotatable bonds is 9. The SMILES string of the molecule is CCCCNC(=O)Nc1cccc(C(=O)c2c[nH]c3ncc(-c4cccnc4)c(S(=O)(=O)C4=CCC(C)C=C4)c23)c1. The highest BCUT2D eigenvalue weighted by atomic mass is 32.2. The predicted octanol–water partition coefficient (Wildman–Crippen LogP) is 6.03. The summed E-state index contributed by atoms with van der Waals surface area (Å²) in [7, 11) is -4.07. The number of nitrogens with one attached hydrogen (secondary N) is 3. The molecule has 4 aromatic rings. The molecule has 10 heteroatoms. The van der Waals surface area contributed by atoms with Crippen molar-refractivity contribution in [2.24, 2.45) is 5.92 Å². The molecule has 0 saturated carbocycles. The maximum Gasteiger partial charge on any atom is 0.319 e. The third-order valence-corrected chi connectivity index (χ3v) is 8.81. The van der Waals surface area contributed by atoms with Gasteiger partial charge >= 0.3 is 6.03 Å². The predicted molar refractivity (Wildman–Crippen MR) is 159 cm³/mol. The van der Waals surface area contributed by atoms with Gasteiger partial charge in [-0.05, 0) is 43.0 Å². The third-order valence-electron chi connectivity index (χ3n) is 6.93. The van der Waals surface area contributed by atoms with E-state index >= 15 is 0 Å². The van der Waals surface area contributed by atoms with Crippen molar-refractivity contribution in [2.45, 2.75) is 38.0 Å². The Hall–Kier alpha value is -4.57. The van der Waals surface area contributed by atoms with Gasteiger partial charge in [-0.1, -0.05) is 50.6 Å². The number of unbranched alkanes of at least 4 members (excludes halogenated alkanes) is 1. The van der Waals surface area contributed by atoms with Gasteiger partial charge in [0.25, 0.3) is 0 Å². The Bertz CT molecular complexity index is 1770. The van der Waals surface area contributed by atoms with Crippen molar-refractivity contribution in [3.63, 3.8) is 0 Å².